The molecule has 5 nitrogen and oxygen atoms in total. The van der Waals surface area contributed by atoms with Crippen LogP contribution < -0.4 is 9.80 Å². The monoisotopic (exact) mass is 395 g/mol. The van der Waals surface area contributed by atoms with Crippen molar-refractivity contribution in [2.45, 2.75) is 25.9 Å². The van der Waals surface area contributed by atoms with Gasteiger partial charge in [-0.2, -0.15) is 0 Å². The Hall–Kier alpha value is -3.47. The molecule has 5 rings (SSSR count). The minimum absolute atomic E-state index is 0.296. The van der Waals surface area contributed by atoms with Gasteiger partial charge in [0.1, 0.15) is 11.6 Å². The lowest BCUT2D eigenvalue weighted by Gasteiger charge is -2.45. The van der Waals surface area contributed by atoms with Crippen LogP contribution in [0, 0.1) is 0 Å². The van der Waals surface area contributed by atoms with Crippen molar-refractivity contribution in [3.8, 4) is 11.4 Å². The van der Waals surface area contributed by atoms with Gasteiger partial charge in [0.2, 0.25) is 0 Å². The average Bonchev–Trinajstić information content (AvgIpc) is 2.81. The fourth-order valence-corrected chi connectivity index (χ4v) is 4.26. The molecule has 5 heteroatoms. The van der Waals surface area contributed by atoms with Gasteiger partial charge >= 0.3 is 0 Å². The molecule has 0 amide bonds. The minimum atomic E-state index is 0.296. The van der Waals surface area contributed by atoms with E-state index in [1.165, 1.54) is 0 Å². The van der Waals surface area contributed by atoms with Gasteiger partial charge in [-0.15, -0.1) is 0 Å². The molecule has 0 spiro atoms. The highest BCUT2D eigenvalue weighted by atomic mass is 15.3. The molecule has 0 unspecified atom stereocenters. The van der Waals surface area contributed by atoms with E-state index >= 15 is 0 Å². The summed E-state index contributed by atoms with van der Waals surface area (Å²) in [5.41, 5.74) is 2.02. The molecule has 0 N–H and O–H groups in total. The Morgan fingerprint density at radius 3 is 2.23 bits per heavy atom. The number of hydrogen-bond acceptors (Lipinski definition) is 5. The summed E-state index contributed by atoms with van der Waals surface area (Å²) in [5, 5.41) is 1.10. The van der Waals surface area contributed by atoms with Crippen LogP contribution >= 0.6 is 0 Å². The summed E-state index contributed by atoms with van der Waals surface area (Å²) in [6.07, 6.45) is 1.86. The maximum atomic E-state index is 5.06. The molecule has 150 valence electrons. The van der Waals surface area contributed by atoms with Crippen molar-refractivity contribution in [2.75, 3.05) is 22.9 Å². The van der Waals surface area contributed by atoms with Gasteiger partial charge in [-0.05, 0) is 38.1 Å². The predicted molar refractivity (Wildman–Crippen MR) is 123 cm³/mol. The van der Waals surface area contributed by atoms with Crippen LogP contribution in [0.3, 0.4) is 0 Å². The zero-order valence-corrected chi connectivity index (χ0v) is 17.3. The molecule has 1 saturated heterocycles. The van der Waals surface area contributed by atoms with Crippen LogP contribution in [0.15, 0.2) is 79.0 Å². The maximum Gasteiger partial charge on any atom is 0.162 e. The van der Waals surface area contributed by atoms with Gasteiger partial charge in [0.05, 0.1) is 5.52 Å². The quantitative estimate of drug-likeness (QED) is 0.499. The van der Waals surface area contributed by atoms with E-state index in [4.69, 9.17) is 9.97 Å². The number of fused-ring (bicyclic) bond motifs is 1. The number of nitrogens with zero attached hydrogens (tertiary/aromatic N) is 5. The van der Waals surface area contributed by atoms with Crippen LogP contribution in [-0.2, 0) is 0 Å². The van der Waals surface area contributed by atoms with Crippen LogP contribution in [0.4, 0.5) is 11.6 Å². The number of anilines is 2. The number of pyridine rings is 1. The zero-order valence-electron chi connectivity index (χ0n) is 17.3. The second-order valence-corrected chi connectivity index (χ2v) is 7.94. The van der Waals surface area contributed by atoms with E-state index in [1.807, 2.05) is 36.5 Å². The first kappa shape index (κ1) is 18.6. The van der Waals surface area contributed by atoms with Crippen LogP contribution in [-0.4, -0.2) is 40.1 Å². The molecule has 0 saturated carbocycles. The van der Waals surface area contributed by atoms with E-state index in [2.05, 4.69) is 71.1 Å². The van der Waals surface area contributed by atoms with Gasteiger partial charge in [0.25, 0.3) is 0 Å². The van der Waals surface area contributed by atoms with Crippen molar-refractivity contribution in [2.24, 2.45) is 0 Å². The molecular weight excluding hydrogens is 370 g/mol. The minimum Gasteiger partial charge on any atom is -0.350 e. The van der Waals surface area contributed by atoms with Crippen molar-refractivity contribution in [1.29, 1.82) is 0 Å². The Balaban J connectivity index is 1.56. The molecule has 2 atom stereocenters. The third kappa shape index (κ3) is 3.36. The van der Waals surface area contributed by atoms with Crippen molar-refractivity contribution in [3.05, 3.63) is 79.0 Å². The standard InChI is InChI=1S/C25H25N5/c1-18-17-30(19(2)16-29(18)23-14-8-9-15-26-23)25-21-12-6-7-13-22(21)27-24(28-25)20-10-4-3-5-11-20/h3-15,18-19H,16-17H2,1-2H3/t18-,19-/m0/s1. The maximum absolute atomic E-state index is 5.06. The van der Waals surface area contributed by atoms with Crippen molar-refractivity contribution >= 4 is 22.5 Å². The van der Waals surface area contributed by atoms with Gasteiger partial charge < -0.3 is 9.80 Å². The Bertz CT molecular complexity index is 1150. The predicted octanol–water partition coefficient (Wildman–Crippen LogP) is 4.80. The lowest BCUT2D eigenvalue weighted by molar-refractivity contribution is 0.475. The summed E-state index contributed by atoms with van der Waals surface area (Å²) in [6, 6.07) is 25.3. The molecule has 1 aliphatic heterocycles. The Morgan fingerprint density at radius 2 is 1.43 bits per heavy atom. The molecule has 2 aromatic carbocycles. The average molecular weight is 396 g/mol. The van der Waals surface area contributed by atoms with E-state index < -0.39 is 0 Å². The van der Waals surface area contributed by atoms with Gasteiger partial charge in [-0.25, -0.2) is 15.0 Å². The van der Waals surface area contributed by atoms with Gasteiger partial charge in [0.15, 0.2) is 5.82 Å². The molecular formula is C25H25N5. The van der Waals surface area contributed by atoms with E-state index in [1.54, 1.807) is 0 Å². The number of piperazine rings is 1. The molecule has 1 fully saturated rings. The van der Waals surface area contributed by atoms with Gasteiger partial charge in [-0.3, -0.25) is 0 Å². The molecule has 0 bridgehead atoms. The topological polar surface area (TPSA) is 45.2 Å². The smallest absolute Gasteiger partial charge is 0.162 e. The third-order valence-electron chi connectivity index (χ3n) is 5.82. The van der Waals surface area contributed by atoms with Crippen molar-refractivity contribution in [3.63, 3.8) is 0 Å². The second kappa shape index (κ2) is 7.75. The normalized spacial score (nSPS) is 19.3. The van der Waals surface area contributed by atoms with Crippen molar-refractivity contribution in [1.82, 2.24) is 15.0 Å². The Labute approximate surface area is 177 Å². The molecule has 4 aromatic rings. The number of benzene rings is 2. The Kier molecular flexibility index (Phi) is 4.79. The van der Waals surface area contributed by atoms with Crippen LogP contribution in [0.1, 0.15) is 13.8 Å². The summed E-state index contributed by atoms with van der Waals surface area (Å²) >= 11 is 0. The second-order valence-electron chi connectivity index (χ2n) is 7.94. The molecule has 0 aliphatic carbocycles. The first-order valence-electron chi connectivity index (χ1n) is 10.5. The molecule has 30 heavy (non-hydrogen) atoms. The number of aromatic nitrogens is 3. The Morgan fingerprint density at radius 1 is 0.733 bits per heavy atom. The molecule has 3 heterocycles. The van der Waals surface area contributed by atoms with Crippen LogP contribution in [0.5, 0.6) is 0 Å². The summed E-state index contributed by atoms with van der Waals surface area (Å²) in [4.78, 5) is 19.3. The lowest BCUT2D eigenvalue weighted by Crippen LogP contribution is -2.57. The molecule has 0 radical (unpaired) electrons. The zero-order chi connectivity index (χ0) is 20.5. The highest BCUT2D eigenvalue weighted by molar-refractivity contribution is 5.91. The van der Waals surface area contributed by atoms with E-state index in [0.717, 1.165) is 47.0 Å². The first-order valence-corrected chi connectivity index (χ1v) is 10.5. The fraction of sp³-hybridized carbons (Fsp3) is 0.240. The SMILES string of the molecule is C[C@H]1CN(c2nc(-c3ccccc3)nc3ccccc23)[C@@H](C)CN1c1ccccn1. The number of rotatable bonds is 3. The van der Waals surface area contributed by atoms with E-state index in [9.17, 15) is 0 Å². The van der Waals surface area contributed by atoms with Gasteiger partial charge in [0, 0.05) is 42.3 Å². The lowest BCUT2D eigenvalue weighted by atomic mass is 10.1. The fourth-order valence-electron chi connectivity index (χ4n) is 4.26. The highest BCUT2D eigenvalue weighted by Crippen LogP contribution is 2.32. The van der Waals surface area contributed by atoms with Crippen molar-refractivity contribution < 1.29 is 0 Å². The summed E-state index contributed by atoms with van der Waals surface area (Å²) < 4.78 is 0. The van der Waals surface area contributed by atoms with E-state index in [-0.39, 0.29) is 0 Å². The summed E-state index contributed by atoms with van der Waals surface area (Å²) in [6.45, 7) is 6.31. The van der Waals surface area contributed by atoms with Gasteiger partial charge in [-0.1, -0.05) is 48.5 Å². The van der Waals surface area contributed by atoms with Crippen LogP contribution in [0.25, 0.3) is 22.3 Å². The molecule has 1 aliphatic rings. The first-order chi connectivity index (χ1) is 14.7. The third-order valence-corrected chi connectivity index (χ3v) is 5.82. The number of para-hydroxylation sites is 1. The highest BCUT2D eigenvalue weighted by Gasteiger charge is 2.31. The largest absolute Gasteiger partial charge is 0.350 e. The summed E-state index contributed by atoms with van der Waals surface area (Å²) in [7, 11) is 0. The summed E-state index contributed by atoms with van der Waals surface area (Å²) in [5.74, 6) is 2.82. The number of hydrogen-bond donors (Lipinski definition) is 0. The molecule has 2 aromatic heterocycles. The van der Waals surface area contributed by atoms with Crippen LogP contribution in [0.2, 0.25) is 0 Å². The van der Waals surface area contributed by atoms with E-state index in [0.29, 0.717) is 12.1 Å².